The van der Waals surface area contributed by atoms with E-state index in [1.807, 2.05) is 6.07 Å². The van der Waals surface area contributed by atoms with Gasteiger partial charge in [-0.25, -0.2) is 0 Å². The Bertz CT molecular complexity index is 189. The minimum absolute atomic E-state index is 0.500. The van der Waals surface area contributed by atoms with Crippen LogP contribution >= 0.6 is 0 Å². The minimum Gasteiger partial charge on any atom is -0.0782 e. The van der Waals surface area contributed by atoms with Gasteiger partial charge in [0.25, 0.3) is 0 Å². The Morgan fingerprint density at radius 2 is 1.89 bits per heavy atom. The maximum Gasteiger partial charge on any atom is -0.00932 e. The third-order valence-corrected chi connectivity index (χ3v) is 1.88. The summed E-state index contributed by atoms with van der Waals surface area (Å²) in [5, 5.41) is 0. The monoisotopic (exact) mass is 134 g/mol. The highest BCUT2D eigenvalue weighted by Crippen LogP contribution is 1.91. The van der Waals surface area contributed by atoms with Crippen LogP contribution in [0.4, 0.5) is 0 Å². The van der Waals surface area contributed by atoms with E-state index in [-0.39, 0.29) is 0 Å². The molecular formula is C8H10Si. The first-order valence-corrected chi connectivity index (χ1v) is 4.93. The van der Waals surface area contributed by atoms with E-state index in [4.69, 9.17) is 0 Å². The van der Waals surface area contributed by atoms with Crippen LogP contribution in [-0.2, 0) is 0 Å². The van der Waals surface area contributed by atoms with Crippen LogP contribution in [0.1, 0.15) is 5.56 Å². The van der Waals surface area contributed by atoms with Gasteiger partial charge in [-0.3, -0.25) is 0 Å². The van der Waals surface area contributed by atoms with Crippen LogP contribution in [0.3, 0.4) is 0 Å². The van der Waals surface area contributed by atoms with Crippen LogP contribution in [0.2, 0.25) is 6.55 Å². The van der Waals surface area contributed by atoms with Crippen molar-refractivity contribution < 1.29 is 0 Å². The summed E-state index contributed by atoms with van der Waals surface area (Å²) in [5.41, 5.74) is 3.65. The van der Waals surface area contributed by atoms with Crippen molar-refractivity contribution in [1.82, 2.24) is 0 Å². The van der Waals surface area contributed by atoms with E-state index in [2.05, 4.69) is 36.5 Å². The van der Waals surface area contributed by atoms with Gasteiger partial charge in [0, 0.05) is 0 Å². The van der Waals surface area contributed by atoms with Crippen molar-refractivity contribution in [3.63, 3.8) is 0 Å². The van der Waals surface area contributed by atoms with E-state index in [0.717, 1.165) is 0 Å². The van der Waals surface area contributed by atoms with Crippen LogP contribution in [0.25, 0.3) is 0 Å². The van der Waals surface area contributed by atoms with Gasteiger partial charge in [0.2, 0.25) is 0 Å². The molecule has 0 heterocycles. The first kappa shape index (κ1) is 6.43. The Kier molecular flexibility index (Phi) is 2.40. The Balaban J connectivity index is 2.85. The summed E-state index contributed by atoms with van der Waals surface area (Å²) >= 11 is 0. The minimum atomic E-state index is 0.500. The van der Waals surface area contributed by atoms with Gasteiger partial charge < -0.3 is 0 Å². The first-order chi connectivity index (χ1) is 4.43. The van der Waals surface area contributed by atoms with Crippen LogP contribution in [0.15, 0.2) is 30.3 Å². The van der Waals surface area contributed by atoms with Gasteiger partial charge >= 0.3 is 0 Å². The molecule has 9 heavy (non-hydrogen) atoms. The van der Waals surface area contributed by atoms with Crippen LogP contribution in [0, 0.1) is 0 Å². The van der Waals surface area contributed by atoms with Crippen molar-refractivity contribution in [2.24, 2.45) is 0 Å². The fourth-order valence-electron chi connectivity index (χ4n) is 0.757. The van der Waals surface area contributed by atoms with Gasteiger partial charge in [-0.2, -0.15) is 0 Å². The molecule has 1 aromatic rings. The Labute approximate surface area is 58.0 Å². The second-order valence-corrected chi connectivity index (χ2v) is 2.91. The van der Waals surface area contributed by atoms with Crippen LogP contribution in [0.5, 0.6) is 0 Å². The molecule has 0 spiro atoms. The molecule has 1 rings (SSSR count). The molecule has 0 saturated carbocycles. The predicted octanol–water partition coefficient (Wildman–Crippen LogP) is 1.32. The third kappa shape index (κ3) is 1.94. The molecule has 0 N–H and O–H groups in total. The van der Waals surface area contributed by atoms with Gasteiger partial charge in [0.1, 0.15) is 0 Å². The Hall–Kier alpha value is -0.693. The second kappa shape index (κ2) is 3.36. The summed E-state index contributed by atoms with van der Waals surface area (Å²) in [6.45, 7) is 2.23. The molecule has 0 aliphatic carbocycles. The predicted molar refractivity (Wildman–Crippen MR) is 44.6 cm³/mol. The summed E-state index contributed by atoms with van der Waals surface area (Å²) < 4.78 is 0. The second-order valence-electron chi connectivity index (χ2n) is 1.91. The topological polar surface area (TPSA) is 0 Å². The van der Waals surface area contributed by atoms with Crippen molar-refractivity contribution in [3.05, 3.63) is 35.9 Å². The molecule has 0 unspecified atom stereocenters. The lowest BCUT2D eigenvalue weighted by Crippen LogP contribution is -1.80. The Morgan fingerprint density at radius 1 is 1.22 bits per heavy atom. The molecule has 0 atom stereocenters. The molecule has 0 aliphatic heterocycles. The Morgan fingerprint density at radius 3 is 2.44 bits per heavy atom. The lowest BCUT2D eigenvalue weighted by atomic mass is 10.2. The SMILES string of the molecule is C[SiH]=Cc1ccccc1. The van der Waals surface area contributed by atoms with Gasteiger partial charge in [-0.05, 0) is 14.7 Å². The maximum atomic E-state index is 2.29. The number of hydrogen-bond donors (Lipinski definition) is 0. The molecule has 0 radical (unpaired) electrons. The molecule has 1 aromatic carbocycles. The van der Waals surface area contributed by atoms with E-state index >= 15 is 0 Å². The molecule has 0 bridgehead atoms. The van der Waals surface area contributed by atoms with E-state index in [1.54, 1.807) is 0 Å². The highest BCUT2D eigenvalue weighted by molar-refractivity contribution is 6.48. The maximum absolute atomic E-state index is 2.29. The molecule has 0 amide bonds. The lowest BCUT2D eigenvalue weighted by Gasteiger charge is -1.87. The summed E-state index contributed by atoms with van der Waals surface area (Å²) in [7, 11) is 0.500. The number of benzene rings is 1. The normalized spacial score (nSPS) is 10.3. The number of hydrogen-bond acceptors (Lipinski definition) is 0. The molecule has 46 valence electrons. The summed E-state index contributed by atoms with van der Waals surface area (Å²) in [5.74, 6) is 0. The van der Waals surface area contributed by atoms with Crippen molar-refractivity contribution in [2.75, 3.05) is 0 Å². The van der Waals surface area contributed by atoms with E-state index < -0.39 is 0 Å². The highest BCUT2D eigenvalue weighted by atomic mass is 28.2. The van der Waals surface area contributed by atoms with Gasteiger partial charge in [0.05, 0.1) is 0 Å². The smallest absolute Gasteiger partial charge is 0.00932 e. The molecule has 1 heteroatoms. The zero-order valence-electron chi connectivity index (χ0n) is 5.54. The molecule has 0 aromatic heterocycles. The zero-order chi connectivity index (χ0) is 6.53. The van der Waals surface area contributed by atoms with Crippen LogP contribution in [-0.4, -0.2) is 14.8 Å². The van der Waals surface area contributed by atoms with E-state index in [9.17, 15) is 0 Å². The standard InChI is InChI=1S/C8H10Si/c1-9-7-8-5-3-2-4-6-8/h2-7,9H,1H3. The van der Waals surface area contributed by atoms with Crippen molar-refractivity contribution in [1.29, 1.82) is 0 Å². The average Bonchev–Trinajstić information content (AvgIpc) is 1.91. The summed E-state index contributed by atoms with van der Waals surface area (Å²) in [6, 6.07) is 10.5. The number of rotatable bonds is 1. The lowest BCUT2D eigenvalue weighted by molar-refractivity contribution is 1.69. The van der Waals surface area contributed by atoms with Crippen molar-refractivity contribution >= 4 is 14.8 Å². The third-order valence-electron chi connectivity index (χ3n) is 1.16. The average molecular weight is 134 g/mol. The largest absolute Gasteiger partial charge is 0.0782 e. The molecule has 0 nitrogen and oxygen atoms in total. The first-order valence-electron chi connectivity index (χ1n) is 3.11. The van der Waals surface area contributed by atoms with Crippen molar-refractivity contribution in [2.45, 2.75) is 6.55 Å². The van der Waals surface area contributed by atoms with Crippen LogP contribution < -0.4 is 0 Å². The summed E-state index contributed by atoms with van der Waals surface area (Å²) in [4.78, 5) is 0. The highest BCUT2D eigenvalue weighted by Gasteiger charge is 1.77. The van der Waals surface area contributed by atoms with Gasteiger partial charge in [-0.1, -0.05) is 42.6 Å². The van der Waals surface area contributed by atoms with Gasteiger partial charge in [-0.15, -0.1) is 0 Å². The fourth-order valence-corrected chi connectivity index (χ4v) is 1.36. The zero-order valence-corrected chi connectivity index (χ0v) is 6.70. The molecule has 0 aliphatic rings. The molecule has 0 fully saturated rings. The van der Waals surface area contributed by atoms with E-state index in [1.165, 1.54) is 5.56 Å². The van der Waals surface area contributed by atoms with Crippen molar-refractivity contribution in [3.8, 4) is 0 Å². The van der Waals surface area contributed by atoms with E-state index in [0.29, 0.717) is 9.13 Å². The quantitative estimate of drug-likeness (QED) is 0.508. The molecule has 0 saturated heterocycles. The molecular weight excluding hydrogens is 124 g/mol. The fraction of sp³-hybridized carbons (Fsp3) is 0.125. The van der Waals surface area contributed by atoms with Gasteiger partial charge in [0.15, 0.2) is 0 Å². The summed E-state index contributed by atoms with van der Waals surface area (Å²) in [6.07, 6.45) is 0.